The quantitative estimate of drug-likeness (QED) is 0.760. The van der Waals surface area contributed by atoms with Crippen molar-refractivity contribution in [2.45, 2.75) is 43.5 Å². The molecule has 0 spiro atoms. The van der Waals surface area contributed by atoms with Crippen molar-refractivity contribution < 1.29 is 0 Å². The van der Waals surface area contributed by atoms with Gasteiger partial charge in [-0.05, 0) is 0 Å². The van der Waals surface area contributed by atoms with Crippen LogP contribution in [0.3, 0.4) is 0 Å². The minimum atomic E-state index is 0.615. The van der Waals surface area contributed by atoms with E-state index in [0.717, 1.165) is 5.92 Å². The summed E-state index contributed by atoms with van der Waals surface area (Å²) in [5.41, 5.74) is 1.56. The van der Waals surface area contributed by atoms with Gasteiger partial charge in [0.05, 0.1) is 0 Å². The van der Waals surface area contributed by atoms with Crippen LogP contribution >= 0.6 is 0 Å². The molecule has 2 heteroatoms. The van der Waals surface area contributed by atoms with Crippen LogP contribution in [0, 0.1) is 5.92 Å². The molecule has 17 heavy (non-hydrogen) atoms. The molecule has 90 valence electrons. The normalized spacial score (nSPS) is 27.6. The van der Waals surface area contributed by atoms with Gasteiger partial charge in [-0.15, -0.1) is 0 Å². The molecule has 0 bridgehead atoms. The van der Waals surface area contributed by atoms with Crippen molar-refractivity contribution in [3.05, 3.63) is 30.3 Å². The van der Waals surface area contributed by atoms with Crippen molar-refractivity contribution in [3.63, 3.8) is 0 Å². The Morgan fingerprint density at radius 1 is 1.18 bits per heavy atom. The van der Waals surface area contributed by atoms with E-state index in [9.17, 15) is 0 Å². The predicted molar refractivity (Wildman–Crippen MR) is 74.4 cm³/mol. The molecule has 2 unspecified atom stereocenters. The molecule has 2 atom stereocenters. The molecule has 3 rings (SSSR count). The predicted octanol–water partition coefficient (Wildman–Crippen LogP) is 2.84. The maximum atomic E-state index is 4.96. The second-order valence-corrected chi connectivity index (χ2v) is 7.37. The van der Waals surface area contributed by atoms with Crippen LogP contribution in [0.25, 0.3) is 0 Å². The zero-order chi connectivity index (χ0) is 11.5. The Labute approximate surface area is 110 Å². The van der Waals surface area contributed by atoms with E-state index in [4.69, 9.17) is 4.99 Å². The average Bonchev–Trinajstić information content (AvgIpc) is 2.80. The van der Waals surface area contributed by atoms with Crippen molar-refractivity contribution >= 4 is 25.1 Å². The van der Waals surface area contributed by atoms with Crippen LogP contribution in [0.1, 0.15) is 32.1 Å². The SMILES string of the molecule is c1ccc([Se]CC2CC3CCCCC3=N2)cc1. The van der Waals surface area contributed by atoms with E-state index in [0.29, 0.717) is 21.0 Å². The number of hydrogen-bond donors (Lipinski definition) is 0. The molecule has 0 radical (unpaired) electrons. The summed E-state index contributed by atoms with van der Waals surface area (Å²) >= 11 is 0.615. The molecule has 0 amide bonds. The van der Waals surface area contributed by atoms with Gasteiger partial charge >= 0.3 is 110 Å². The molecule has 1 aliphatic heterocycles. The Morgan fingerprint density at radius 2 is 2.06 bits per heavy atom. The maximum absolute atomic E-state index is 4.96. The Hall–Kier alpha value is -0.591. The van der Waals surface area contributed by atoms with E-state index in [1.807, 2.05) is 0 Å². The first-order valence-electron chi connectivity index (χ1n) is 6.66. The summed E-state index contributed by atoms with van der Waals surface area (Å²) in [4.78, 5) is 4.96. The Bertz CT molecular complexity index is 399. The van der Waals surface area contributed by atoms with Crippen LogP contribution in [0.5, 0.6) is 0 Å². The van der Waals surface area contributed by atoms with Gasteiger partial charge in [0.15, 0.2) is 0 Å². The monoisotopic (exact) mass is 293 g/mol. The third-order valence-corrected chi connectivity index (χ3v) is 6.22. The van der Waals surface area contributed by atoms with Crippen molar-refractivity contribution in [1.82, 2.24) is 0 Å². The molecule has 1 saturated carbocycles. The van der Waals surface area contributed by atoms with Gasteiger partial charge in [-0.25, -0.2) is 0 Å². The first kappa shape index (κ1) is 11.5. The minimum absolute atomic E-state index is 0.615. The summed E-state index contributed by atoms with van der Waals surface area (Å²) in [5.74, 6) is 0.861. The van der Waals surface area contributed by atoms with E-state index >= 15 is 0 Å². The number of rotatable bonds is 3. The topological polar surface area (TPSA) is 12.4 Å². The first-order chi connectivity index (χ1) is 8.42. The molecular formula is C15H19NSe. The number of fused-ring (bicyclic) bond motifs is 1. The van der Waals surface area contributed by atoms with Gasteiger partial charge in [-0.2, -0.15) is 0 Å². The summed E-state index contributed by atoms with van der Waals surface area (Å²) in [6.45, 7) is 0. The summed E-state index contributed by atoms with van der Waals surface area (Å²) in [6.07, 6.45) is 6.86. The van der Waals surface area contributed by atoms with Crippen molar-refractivity contribution in [1.29, 1.82) is 0 Å². The summed E-state index contributed by atoms with van der Waals surface area (Å²) in [7, 11) is 0. The van der Waals surface area contributed by atoms with Crippen LogP contribution in [0.4, 0.5) is 0 Å². The van der Waals surface area contributed by atoms with Crippen LogP contribution in [0.15, 0.2) is 35.3 Å². The zero-order valence-corrected chi connectivity index (χ0v) is 11.9. The van der Waals surface area contributed by atoms with E-state index in [-0.39, 0.29) is 0 Å². The van der Waals surface area contributed by atoms with Crippen LogP contribution < -0.4 is 4.46 Å². The number of nitrogens with zero attached hydrogens (tertiary/aromatic N) is 1. The Kier molecular flexibility index (Phi) is 3.63. The van der Waals surface area contributed by atoms with E-state index in [2.05, 4.69) is 30.3 Å². The second-order valence-electron chi connectivity index (χ2n) is 5.08. The van der Waals surface area contributed by atoms with Crippen LogP contribution in [0.2, 0.25) is 5.32 Å². The van der Waals surface area contributed by atoms with Gasteiger partial charge in [0.25, 0.3) is 0 Å². The Balaban J connectivity index is 1.55. The first-order valence-corrected chi connectivity index (χ1v) is 8.73. The fourth-order valence-corrected chi connectivity index (χ4v) is 4.90. The molecule has 1 fully saturated rings. The molecule has 1 aromatic rings. The summed E-state index contributed by atoms with van der Waals surface area (Å²) < 4.78 is 1.52. The van der Waals surface area contributed by atoms with Crippen LogP contribution in [-0.4, -0.2) is 26.7 Å². The third kappa shape index (κ3) is 2.81. The second kappa shape index (κ2) is 5.37. The number of aliphatic imine (C=N–C) groups is 1. The number of benzene rings is 1. The molecule has 0 N–H and O–H groups in total. The van der Waals surface area contributed by atoms with E-state index < -0.39 is 0 Å². The van der Waals surface area contributed by atoms with Gasteiger partial charge in [0.1, 0.15) is 0 Å². The van der Waals surface area contributed by atoms with Crippen molar-refractivity contribution in [2.75, 3.05) is 0 Å². The van der Waals surface area contributed by atoms with Crippen molar-refractivity contribution in [2.24, 2.45) is 10.9 Å². The Morgan fingerprint density at radius 3 is 2.88 bits per heavy atom. The summed E-state index contributed by atoms with van der Waals surface area (Å²) in [5, 5.41) is 1.30. The molecule has 0 saturated heterocycles. The fraction of sp³-hybridized carbons (Fsp3) is 0.533. The third-order valence-electron chi connectivity index (χ3n) is 3.80. The summed E-state index contributed by atoms with van der Waals surface area (Å²) in [6, 6.07) is 11.6. The van der Waals surface area contributed by atoms with Gasteiger partial charge in [0.2, 0.25) is 0 Å². The molecule has 1 nitrogen and oxygen atoms in total. The zero-order valence-electron chi connectivity index (χ0n) is 10.1. The van der Waals surface area contributed by atoms with E-state index in [1.165, 1.54) is 41.9 Å². The van der Waals surface area contributed by atoms with Crippen LogP contribution in [-0.2, 0) is 0 Å². The van der Waals surface area contributed by atoms with Gasteiger partial charge in [-0.1, -0.05) is 0 Å². The molecule has 1 aliphatic carbocycles. The molecular weight excluding hydrogens is 273 g/mol. The molecule has 1 aromatic carbocycles. The standard InChI is InChI=1S/C15H19NSe/c1-2-7-14(8-3-1)17-11-13-10-12-6-4-5-9-15(12)16-13/h1-3,7-8,12-13H,4-6,9-11H2. The molecule has 1 heterocycles. The van der Waals surface area contributed by atoms with Gasteiger partial charge < -0.3 is 0 Å². The van der Waals surface area contributed by atoms with Gasteiger partial charge in [0, 0.05) is 0 Å². The molecule has 0 aromatic heterocycles. The molecule has 2 aliphatic rings. The number of hydrogen-bond acceptors (Lipinski definition) is 1. The van der Waals surface area contributed by atoms with Gasteiger partial charge in [-0.3, -0.25) is 0 Å². The van der Waals surface area contributed by atoms with Crippen molar-refractivity contribution in [3.8, 4) is 0 Å². The fourth-order valence-electron chi connectivity index (χ4n) is 2.92. The van der Waals surface area contributed by atoms with E-state index in [1.54, 1.807) is 5.71 Å². The average molecular weight is 292 g/mol.